The van der Waals surface area contributed by atoms with Crippen molar-refractivity contribution in [2.45, 2.75) is 39.7 Å². The molecule has 0 spiro atoms. The first-order valence-corrected chi connectivity index (χ1v) is 17.2. The highest BCUT2D eigenvalue weighted by Gasteiger charge is 2.32. The summed E-state index contributed by atoms with van der Waals surface area (Å²) in [7, 11) is -1.46. The summed E-state index contributed by atoms with van der Waals surface area (Å²) >= 11 is 0. The van der Waals surface area contributed by atoms with Gasteiger partial charge in [-0.05, 0) is 84.2 Å². The monoisotopic (exact) mass is 560 g/mol. The van der Waals surface area contributed by atoms with Gasteiger partial charge >= 0.3 is 0 Å². The van der Waals surface area contributed by atoms with Crippen molar-refractivity contribution in [3.63, 3.8) is 0 Å². The van der Waals surface area contributed by atoms with Gasteiger partial charge in [0.05, 0.1) is 0 Å². The number of benzene rings is 5. The van der Waals surface area contributed by atoms with Crippen LogP contribution in [0.3, 0.4) is 0 Å². The Labute approximate surface area is 253 Å². The molecule has 0 aromatic heterocycles. The second kappa shape index (κ2) is 12.8. The highest BCUT2D eigenvalue weighted by atomic mass is 28.3. The molecule has 1 aliphatic rings. The Hall–Kier alpha value is -4.20. The van der Waals surface area contributed by atoms with Crippen LogP contribution in [0.5, 0.6) is 0 Å². The van der Waals surface area contributed by atoms with Crippen LogP contribution in [-0.4, -0.2) is 8.80 Å². The molecule has 0 N–H and O–H groups in total. The summed E-state index contributed by atoms with van der Waals surface area (Å²) in [6.45, 7) is 7.08. The maximum absolute atomic E-state index is 2.49. The Morgan fingerprint density at radius 3 is 1.36 bits per heavy atom. The number of hydrogen-bond donors (Lipinski definition) is 0. The van der Waals surface area contributed by atoms with Gasteiger partial charge in [-0.2, -0.15) is 0 Å². The van der Waals surface area contributed by atoms with Gasteiger partial charge in [0.15, 0.2) is 0 Å². The molecular weight excluding hydrogens is 521 g/mol. The van der Waals surface area contributed by atoms with E-state index < -0.39 is 8.80 Å². The third kappa shape index (κ3) is 6.17. The van der Waals surface area contributed by atoms with Crippen LogP contribution in [-0.2, 0) is 12.8 Å². The summed E-state index contributed by atoms with van der Waals surface area (Å²) in [6.07, 6.45) is 1.90. The highest BCUT2D eigenvalue weighted by molar-refractivity contribution is 6.85. The summed E-state index contributed by atoms with van der Waals surface area (Å²) in [4.78, 5) is 0. The Bertz CT molecular complexity index is 1600. The number of hydrogen-bond acceptors (Lipinski definition) is 0. The van der Waals surface area contributed by atoms with Crippen molar-refractivity contribution in [3.8, 4) is 0 Å². The first kappa shape index (κ1) is 27.9. The molecule has 0 heterocycles. The molecule has 0 fully saturated rings. The molecule has 0 saturated heterocycles. The lowest BCUT2D eigenvalue weighted by Gasteiger charge is -2.25. The minimum Gasteiger partial charge on any atom is -0.0629 e. The average Bonchev–Trinajstić information content (AvgIpc) is 3.24. The van der Waals surface area contributed by atoms with E-state index in [9.17, 15) is 0 Å². The fraction of sp³-hybridized carbons (Fsp3) is 0.171. The van der Waals surface area contributed by atoms with Gasteiger partial charge in [0, 0.05) is 5.92 Å². The van der Waals surface area contributed by atoms with Crippen LogP contribution in [0.15, 0.2) is 156 Å². The lowest BCUT2D eigenvalue weighted by Crippen LogP contribution is -2.43. The molecule has 42 heavy (non-hydrogen) atoms. The molecule has 0 radical (unpaired) electrons. The maximum atomic E-state index is 2.49. The molecule has 0 bridgehead atoms. The Morgan fingerprint density at radius 1 is 0.476 bits per heavy atom. The molecule has 1 aliphatic carbocycles. The summed E-state index contributed by atoms with van der Waals surface area (Å²) in [5, 5.41) is 3.06. The normalized spacial score (nSPS) is 15.1. The van der Waals surface area contributed by atoms with Gasteiger partial charge < -0.3 is 0 Å². The van der Waals surface area contributed by atoms with E-state index in [4.69, 9.17) is 0 Å². The molecule has 6 rings (SSSR count). The van der Waals surface area contributed by atoms with E-state index in [0.717, 1.165) is 12.8 Å². The van der Waals surface area contributed by atoms with Crippen molar-refractivity contribution in [2.24, 2.45) is 5.92 Å². The molecule has 0 amide bonds. The van der Waals surface area contributed by atoms with Crippen molar-refractivity contribution < 1.29 is 0 Å². The lowest BCUT2D eigenvalue weighted by molar-refractivity contribution is 0.883. The van der Waals surface area contributed by atoms with E-state index in [2.05, 4.69) is 160 Å². The summed E-state index contributed by atoms with van der Waals surface area (Å²) in [5.41, 5.74) is 12.9. The minimum atomic E-state index is -1.46. The van der Waals surface area contributed by atoms with Crippen LogP contribution in [0.25, 0.3) is 5.57 Å². The van der Waals surface area contributed by atoms with E-state index in [-0.39, 0.29) is 0 Å². The van der Waals surface area contributed by atoms with Crippen LogP contribution in [0.1, 0.15) is 48.6 Å². The van der Waals surface area contributed by atoms with Crippen LogP contribution in [0.4, 0.5) is 0 Å². The average molecular weight is 561 g/mol. The summed E-state index contributed by atoms with van der Waals surface area (Å²) in [6, 6.07) is 53.0. The minimum absolute atomic E-state index is 0.429. The highest BCUT2D eigenvalue weighted by Crippen LogP contribution is 2.45. The van der Waals surface area contributed by atoms with Gasteiger partial charge in [-0.15, -0.1) is 0 Å². The SMILES string of the molecule is CC1=C(C)C(C[SiH](c2ccccc2)c2ccccc2)C(c2cc(Cc3ccccc3)cc(Cc3ccccc3)c2)=C1C. The third-order valence-electron chi connectivity index (χ3n) is 9.17. The zero-order valence-corrected chi connectivity index (χ0v) is 26.2. The van der Waals surface area contributed by atoms with Gasteiger partial charge in [-0.3, -0.25) is 0 Å². The van der Waals surface area contributed by atoms with Crippen molar-refractivity contribution in [1.82, 2.24) is 0 Å². The fourth-order valence-corrected chi connectivity index (χ4v) is 10.2. The van der Waals surface area contributed by atoms with Crippen molar-refractivity contribution in [2.75, 3.05) is 0 Å². The first-order chi connectivity index (χ1) is 20.6. The zero-order valence-electron chi connectivity index (χ0n) is 25.1. The molecule has 5 aromatic rings. The molecular formula is C41H40Si. The topological polar surface area (TPSA) is 0 Å². The van der Waals surface area contributed by atoms with Crippen LogP contribution in [0.2, 0.25) is 6.04 Å². The van der Waals surface area contributed by atoms with Gasteiger partial charge in [-0.1, -0.05) is 155 Å². The van der Waals surface area contributed by atoms with E-state index in [1.807, 2.05) is 0 Å². The first-order valence-electron chi connectivity index (χ1n) is 15.3. The second-order valence-corrected chi connectivity index (χ2v) is 14.8. The molecule has 1 atom stereocenters. The van der Waals surface area contributed by atoms with Gasteiger partial charge in [0.2, 0.25) is 0 Å². The van der Waals surface area contributed by atoms with Gasteiger partial charge in [0.1, 0.15) is 8.80 Å². The van der Waals surface area contributed by atoms with Crippen LogP contribution < -0.4 is 10.4 Å². The van der Waals surface area contributed by atoms with E-state index in [0.29, 0.717) is 5.92 Å². The van der Waals surface area contributed by atoms with E-state index in [1.54, 1.807) is 11.1 Å². The zero-order chi connectivity index (χ0) is 28.9. The number of allylic oxidation sites excluding steroid dienone is 4. The summed E-state index contributed by atoms with van der Waals surface area (Å²) < 4.78 is 0. The van der Waals surface area contributed by atoms with Crippen molar-refractivity contribution in [1.29, 1.82) is 0 Å². The molecule has 1 unspecified atom stereocenters. The number of rotatable bonds is 9. The second-order valence-electron chi connectivity index (χ2n) is 11.9. The predicted octanol–water partition coefficient (Wildman–Crippen LogP) is 8.65. The van der Waals surface area contributed by atoms with Gasteiger partial charge in [-0.25, -0.2) is 0 Å². The molecule has 208 valence electrons. The molecule has 0 nitrogen and oxygen atoms in total. The molecule has 0 saturated carbocycles. The van der Waals surface area contributed by atoms with Crippen molar-refractivity contribution >= 4 is 24.7 Å². The Balaban J connectivity index is 1.43. The Kier molecular flexibility index (Phi) is 8.49. The smallest absolute Gasteiger partial charge is 0.0629 e. The molecule has 1 heteroatoms. The van der Waals surface area contributed by atoms with Crippen LogP contribution >= 0.6 is 0 Å². The van der Waals surface area contributed by atoms with E-state index in [1.165, 1.54) is 55.4 Å². The quantitative estimate of drug-likeness (QED) is 0.158. The molecule has 0 aliphatic heterocycles. The summed E-state index contributed by atoms with van der Waals surface area (Å²) in [5.74, 6) is 0.429. The van der Waals surface area contributed by atoms with E-state index >= 15 is 0 Å². The van der Waals surface area contributed by atoms with Crippen molar-refractivity contribution in [3.05, 3.63) is 184 Å². The standard InChI is InChI=1S/C41H40Si/c1-30-31(2)40(29-42(38-20-12-6-13-21-38)39-22-14-7-15-23-39)41(32(30)3)37-27-35(24-33-16-8-4-9-17-33)26-36(28-37)25-34-18-10-5-11-19-34/h4-23,26-28,40,42H,24-25,29H2,1-3H3. The lowest BCUT2D eigenvalue weighted by atomic mass is 9.87. The predicted molar refractivity (Wildman–Crippen MR) is 184 cm³/mol. The van der Waals surface area contributed by atoms with Crippen LogP contribution in [0, 0.1) is 5.92 Å². The third-order valence-corrected chi connectivity index (χ3v) is 12.5. The Morgan fingerprint density at radius 2 is 0.905 bits per heavy atom. The molecule has 5 aromatic carbocycles. The largest absolute Gasteiger partial charge is 0.104 e. The fourth-order valence-electron chi connectivity index (χ4n) is 6.81. The van der Waals surface area contributed by atoms with Gasteiger partial charge in [0.25, 0.3) is 0 Å². The maximum Gasteiger partial charge on any atom is 0.104 e.